The molecule has 3 heterocycles. The highest BCUT2D eigenvalue weighted by Gasteiger charge is 2.22. The maximum absolute atomic E-state index is 6.78. The molecule has 11 rings (SSSR count). The van der Waals surface area contributed by atoms with E-state index in [1.54, 1.807) is 0 Å². The van der Waals surface area contributed by atoms with E-state index in [0.717, 1.165) is 66.1 Å². The summed E-state index contributed by atoms with van der Waals surface area (Å²) in [5, 5.41) is 9.03. The molecule has 5 heteroatoms. The molecule has 0 N–H and O–H groups in total. The molecular formula is C47H28N4O. The lowest BCUT2D eigenvalue weighted by Gasteiger charge is -2.13. The quantitative estimate of drug-likeness (QED) is 0.188. The molecule has 3 aromatic heterocycles. The van der Waals surface area contributed by atoms with Gasteiger partial charge in [-0.3, -0.25) is 0 Å². The Bertz CT molecular complexity index is 3120. The standard InChI is InChI=1S/C47H28N4O/c1-3-14-29(15-4-1)45-48-46(30-16-5-2-6-17-30)50-47(49-45)36-23-13-25-42-43(36)38-28-41(33-20-9-10-22-35(33)44(38)52-42)51-39-24-12-11-21-34(39)37-26-31-18-7-8-19-32(31)27-40(37)51/h1-28H. The maximum atomic E-state index is 6.78. The van der Waals surface area contributed by atoms with Gasteiger partial charge in [-0.25, -0.2) is 15.0 Å². The highest BCUT2D eigenvalue weighted by atomic mass is 16.3. The van der Waals surface area contributed by atoms with Crippen molar-refractivity contribution in [2.75, 3.05) is 0 Å². The molecule has 11 aromatic rings. The Morgan fingerprint density at radius 2 is 1.00 bits per heavy atom. The molecule has 0 bridgehead atoms. The van der Waals surface area contributed by atoms with Gasteiger partial charge in [0.1, 0.15) is 11.2 Å². The summed E-state index contributed by atoms with van der Waals surface area (Å²) in [6.07, 6.45) is 0. The normalized spacial score (nSPS) is 11.8. The van der Waals surface area contributed by atoms with Gasteiger partial charge in [-0.1, -0.05) is 140 Å². The van der Waals surface area contributed by atoms with Crippen LogP contribution in [-0.2, 0) is 0 Å². The molecule has 0 amide bonds. The van der Waals surface area contributed by atoms with E-state index in [1.165, 1.54) is 21.5 Å². The van der Waals surface area contributed by atoms with Crippen molar-refractivity contribution in [2.24, 2.45) is 0 Å². The number of furan rings is 1. The van der Waals surface area contributed by atoms with Crippen molar-refractivity contribution in [1.82, 2.24) is 19.5 Å². The van der Waals surface area contributed by atoms with Crippen LogP contribution in [0.5, 0.6) is 0 Å². The van der Waals surface area contributed by atoms with Gasteiger partial charge < -0.3 is 8.98 Å². The van der Waals surface area contributed by atoms with Gasteiger partial charge in [0.15, 0.2) is 17.5 Å². The summed E-state index contributed by atoms with van der Waals surface area (Å²) >= 11 is 0. The lowest BCUT2D eigenvalue weighted by Crippen LogP contribution is -2.00. The van der Waals surface area contributed by atoms with E-state index in [4.69, 9.17) is 19.4 Å². The Morgan fingerprint density at radius 1 is 0.404 bits per heavy atom. The first-order valence-electron chi connectivity index (χ1n) is 17.5. The van der Waals surface area contributed by atoms with Crippen LogP contribution in [0.15, 0.2) is 174 Å². The zero-order valence-electron chi connectivity index (χ0n) is 27.9. The third kappa shape index (κ3) is 4.33. The summed E-state index contributed by atoms with van der Waals surface area (Å²) in [7, 11) is 0. The van der Waals surface area contributed by atoms with Crippen molar-refractivity contribution in [3.05, 3.63) is 170 Å². The molecule has 0 saturated heterocycles. The number of hydrogen-bond acceptors (Lipinski definition) is 4. The monoisotopic (exact) mass is 664 g/mol. The Hall–Kier alpha value is -7.11. The fourth-order valence-electron chi connectivity index (χ4n) is 7.84. The van der Waals surface area contributed by atoms with E-state index in [0.29, 0.717) is 17.5 Å². The minimum Gasteiger partial charge on any atom is -0.455 e. The van der Waals surface area contributed by atoms with Crippen molar-refractivity contribution < 1.29 is 4.42 Å². The van der Waals surface area contributed by atoms with Crippen LogP contribution in [0.3, 0.4) is 0 Å². The van der Waals surface area contributed by atoms with Crippen molar-refractivity contribution in [1.29, 1.82) is 0 Å². The average molecular weight is 665 g/mol. The van der Waals surface area contributed by atoms with Gasteiger partial charge in [0.2, 0.25) is 0 Å². The van der Waals surface area contributed by atoms with E-state index < -0.39 is 0 Å². The average Bonchev–Trinajstić information content (AvgIpc) is 3.75. The molecular weight excluding hydrogens is 637 g/mol. The SMILES string of the molecule is c1ccc(-c2nc(-c3ccccc3)nc(-c3cccc4oc5c6ccccc6c(-n6c7ccccc7c7cc8ccccc8cc76)cc5c34)n2)cc1. The summed E-state index contributed by atoms with van der Waals surface area (Å²) in [4.78, 5) is 15.2. The summed E-state index contributed by atoms with van der Waals surface area (Å²) in [5.74, 6) is 1.84. The van der Waals surface area contributed by atoms with Crippen LogP contribution in [0.2, 0.25) is 0 Å². The first-order chi connectivity index (χ1) is 25.8. The van der Waals surface area contributed by atoms with E-state index in [9.17, 15) is 0 Å². The first kappa shape index (κ1) is 28.7. The summed E-state index contributed by atoms with van der Waals surface area (Å²) in [6.45, 7) is 0. The molecule has 0 saturated carbocycles. The van der Waals surface area contributed by atoms with Crippen LogP contribution in [0.4, 0.5) is 0 Å². The Labute approximate surface area is 298 Å². The summed E-state index contributed by atoms with van der Waals surface area (Å²) < 4.78 is 9.20. The number of rotatable bonds is 4. The van der Waals surface area contributed by atoms with Gasteiger partial charge in [0, 0.05) is 49.0 Å². The smallest absolute Gasteiger partial charge is 0.164 e. The van der Waals surface area contributed by atoms with Gasteiger partial charge in [0.25, 0.3) is 0 Å². The maximum Gasteiger partial charge on any atom is 0.164 e. The third-order valence-corrected chi connectivity index (χ3v) is 10.2. The molecule has 242 valence electrons. The predicted octanol–water partition coefficient (Wildman–Crippen LogP) is 12.2. The van der Waals surface area contributed by atoms with Gasteiger partial charge in [-0.2, -0.15) is 0 Å². The number of nitrogens with zero attached hydrogens (tertiary/aromatic N) is 4. The second kappa shape index (κ2) is 11.2. The fraction of sp³-hybridized carbons (Fsp3) is 0. The fourth-order valence-corrected chi connectivity index (χ4v) is 7.84. The first-order valence-corrected chi connectivity index (χ1v) is 17.5. The number of hydrogen-bond donors (Lipinski definition) is 0. The van der Waals surface area contributed by atoms with Gasteiger partial charge in [-0.05, 0) is 41.1 Å². The van der Waals surface area contributed by atoms with Crippen LogP contribution in [-0.4, -0.2) is 19.5 Å². The number of para-hydroxylation sites is 1. The highest BCUT2D eigenvalue weighted by molar-refractivity contribution is 6.22. The highest BCUT2D eigenvalue weighted by Crippen LogP contribution is 2.43. The van der Waals surface area contributed by atoms with Crippen LogP contribution in [0, 0.1) is 0 Å². The zero-order valence-corrected chi connectivity index (χ0v) is 27.9. The number of aromatic nitrogens is 4. The molecule has 0 aliphatic heterocycles. The molecule has 0 unspecified atom stereocenters. The van der Waals surface area contributed by atoms with Crippen molar-refractivity contribution in [2.45, 2.75) is 0 Å². The minimum absolute atomic E-state index is 0.596. The van der Waals surface area contributed by atoms with Crippen molar-refractivity contribution >= 4 is 65.3 Å². The zero-order chi connectivity index (χ0) is 34.2. The molecule has 0 atom stereocenters. The predicted molar refractivity (Wildman–Crippen MR) is 213 cm³/mol. The molecule has 0 aliphatic carbocycles. The van der Waals surface area contributed by atoms with Crippen molar-refractivity contribution in [3.8, 4) is 39.9 Å². The Kier molecular flexibility index (Phi) is 6.18. The molecule has 0 radical (unpaired) electrons. The molecule has 0 aliphatic rings. The van der Waals surface area contributed by atoms with Crippen LogP contribution in [0.1, 0.15) is 0 Å². The van der Waals surface area contributed by atoms with E-state index in [2.05, 4.69) is 102 Å². The molecule has 0 spiro atoms. The third-order valence-electron chi connectivity index (χ3n) is 10.2. The molecule has 0 fully saturated rings. The van der Waals surface area contributed by atoms with Gasteiger partial charge >= 0.3 is 0 Å². The molecule has 5 nitrogen and oxygen atoms in total. The van der Waals surface area contributed by atoms with E-state index in [1.807, 2.05) is 72.8 Å². The van der Waals surface area contributed by atoms with Crippen LogP contribution >= 0.6 is 0 Å². The lowest BCUT2D eigenvalue weighted by atomic mass is 10.0. The number of fused-ring (bicyclic) bond motifs is 9. The van der Waals surface area contributed by atoms with E-state index in [-0.39, 0.29) is 0 Å². The Balaban J connectivity index is 1.24. The second-order valence-electron chi connectivity index (χ2n) is 13.2. The van der Waals surface area contributed by atoms with Crippen LogP contribution < -0.4 is 0 Å². The molecule has 52 heavy (non-hydrogen) atoms. The van der Waals surface area contributed by atoms with Crippen LogP contribution in [0.25, 0.3) is 105 Å². The Morgan fingerprint density at radius 3 is 1.73 bits per heavy atom. The number of benzene rings is 8. The summed E-state index contributed by atoms with van der Waals surface area (Å²) in [5.41, 5.74) is 7.78. The van der Waals surface area contributed by atoms with E-state index >= 15 is 0 Å². The van der Waals surface area contributed by atoms with Gasteiger partial charge in [0.05, 0.1) is 16.7 Å². The van der Waals surface area contributed by atoms with Crippen molar-refractivity contribution in [3.63, 3.8) is 0 Å². The second-order valence-corrected chi connectivity index (χ2v) is 13.2. The minimum atomic E-state index is 0.596. The lowest BCUT2D eigenvalue weighted by molar-refractivity contribution is 0.672. The topological polar surface area (TPSA) is 56.7 Å². The largest absolute Gasteiger partial charge is 0.455 e. The van der Waals surface area contributed by atoms with Gasteiger partial charge in [-0.15, -0.1) is 0 Å². The molecule has 8 aromatic carbocycles. The summed E-state index contributed by atoms with van der Waals surface area (Å²) in [6, 6.07) is 59.1.